The second-order valence-corrected chi connectivity index (χ2v) is 11.7. The Bertz CT molecular complexity index is 2120. The van der Waals surface area contributed by atoms with Gasteiger partial charge in [-0.3, -0.25) is 14.4 Å². The molecule has 0 radical (unpaired) electrons. The second kappa shape index (κ2) is 16.3. The molecule has 11 heteroatoms. The molecule has 0 bridgehead atoms. The Morgan fingerprint density at radius 3 is 2.22 bits per heavy atom. The zero-order chi connectivity index (χ0) is 36.5. The number of carboxylic acids is 1. The number of aliphatic carboxylic acids is 1. The second-order valence-electron chi connectivity index (χ2n) is 11.7. The van der Waals surface area contributed by atoms with Crippen LogP contribution < -0.4 is 5.32 Å². The number of aromatic nitrogens is 2. The number of amides is 2. The van der Waals surface area contributed by atoms with Gasteiger partial charge in [0, 0.05) is 35.0 Å². The molecule has 0 fully saturated rings. The molecule has 0 aliphatic rings. The molecule has 5 rings (SSSR count). The maximum absolute atomic E-state index is 13.9. The molecule has 0 aliphatic carbocycles. The number of carbonyl (C=O) groups excluding carboxylic acids is 2. The first-order chi connectivity index (χ1) is 24.5. The van der Waals surface area contributed by atoms with Crippen molar-refractivity contribution in [2.24, 2.45) is 0 Å². The van der Waals surface area contributed by atoms with Crippen LogP contribution in [0.25, 0.3) is 28.4 Å². The topological polar surface area (TPSA) is 126 Å². The molecule has 0 saturated heterocycles. The highest BCUT2D eigenvalue weighted by atomic mass is 19.1. The van der Waals surface area contributed by atoms with E-state index < -0.39 is 36.0 Å². The smallest absolute Gasteiger partial charge is 0.323 e. The van der Waals surface area contributed by atoms with Crippen LogP contribution >= 0.6 is 0 Å². The zero-order valence-electron chi connectivity index (χ0n) is 27.9. The van der Waals surface area contributed by atoms with Gasteiger partial charge in [0.1, 0.15) is 18.2 Å². The monoisotopic (exact) mass is 688 g/mol. The van der Waals surface area contributed by atoms with Gasteiger partial charge in [-0.25, -0.2) is 8.78 Å². The Balaban J connectivity index is 1.21. The van der Waals surface area contributed by atoms with E-state index in [-0.39, 0.29) is 24.1 Å². The van der Waals surface area contributed by atoms with Crippen molar-refractivity contribution in [2.75, 3.05) is 11.9 Å². The maximum Gasteiger partial charge on any atom is 0.323 e. The van der Waals surface area contributed by atoms with Crippen molar-refractivity contribution in [3.63, 3.8) is 0 Å². The lowest BCUT2D eigenvalue weighted by Gasteiger charge is -2.21. The summed E-state index contributed by atoms with van der Waals surface area (Å²) in [6, 6.07) is 23.5. The van der Waals surface area contributed by atoms with Crippen molar-refractivity contribution in [3.05, 3.63) is 155 Å². The van der Waals surface area contributed by atoms with Gasteiger partial charge in [0.25, 0.3) is 11.8 Å². The van der Waals surface area contributed by atoms with E-state index >= 15 is 0 Å². The van der Waals surface area contributed by atoms with Crippen LogP contribution in [-0.2, 0) is 22.6 Å². The molecule has 5 aromatic rings. The average molecular weight is 689 g/mol. The SMILES string of the molecule is C=C(/C=C\C(C)=C/C)c1ccc(-c2nc(-c3ccc(CN(CC(=O)O)C(=O)c4ccc(NC(=O)Cc5ccc(F)cc5F)cc4)cc3)no2)cc1. The van der Waals surface area contributed by atoms with Gasteiger partial charge in [-0.2, -0.15) is 4.98 Å². The molecule has 0 saturated carbocycles. The van der Waals surface area contributed by atoms with Gasteiger partial charge in [0.05, 0.1) is 6.42 Å². The first-order valence-electron chi connectivity index (χ1n) is 15.9. The predicted molar refractivity (Wildman–Crippen MR) is 190 cm³/mol. The fourth-order valence-corrected chi connectivity index (χ4v) is 4.97. The lowest BCUT2D eigenvalue weighted by molar-refractivity contribution is -0.137. The lowest BCUT2D eigenvalue weighted by atomic mass is 10.0. The van der Waals surface area contributed by atoms with Crippen molar-refractivity contribution in [2.45, 2.75) is 26.8 Å². The van der Waals surface area contributed by atoms with Gasteiger partial charge in [-0.15, -0.1) is 0 Å². The number of halogens is 2. The first-order valence-corrected chi connectivity index (χ1v) is 15.9. The Morgan fingerprint density at radius 1 is 0.902 bits per heavy atom. The first kappa shape index (κ1) is 35.8. The summed E-state index contributed by atoms with van der Waals surface area (Å²) in [6.07, 6.45) is 5.67. The molecule has 1 aromatic heterocycles. The molecule has 9 nitrogen and oxygen atoms in total. The van der Waals surface area contributed by atoms with Crippen LogP contribution in [0.4, 0.5) is 14.5 Å². The summed E-state index contributed by atoms with van der Waals surface area (Å²) in [5.74, 6) is -3.11. The standard InChI is InChI=1S/C40H34F2N4O5/c1-4-25(2)5-6-26(3)28-11-13-30(14-12-28)39-44-38(45-51-39)29-9-7-27(8-10-29)23-46(24-37(48)49)40(50)31-16-19-34(20-17-31)43-36(47)21-32-15-18-33(41)22-35(32)42/h4-20,22H,3,21,23-24H2,1-2H3,(H,43,47)(H,48,49)/b6-5-,25-4-. The predicted octanol–water partition coefficient (Wildman–Crippen LogP) is 8.13. The van der Waals surface area contributed by atoms with Crippen LogP contribution in [-0.4, -0.2) is 44.5 Å². The molecule has 0 unspecified atom stereocenters. The summed E-state index contributed by atoms with van der Waals surface area (Å²) >= 11 is 0. The number of hydrogen-bond acceptors (Lipinski definition) is 6. The van der Waals surface area contributed by atoms with Crippen LogP contribution in [0.5, 0.6) is 0 Å². The van der Waals surface area contributed by atoms with Gasteiger partial charge in [0.15, 0.2) is 0 Å². The Hall–Kier alpha value is -6.49. The zero-order valence-corrected chi connectivity index (χ0v) is 27.9. The van der Waals surface area contributed by atoms with Crippen LogP contribution in [0.1, 0.15) is 40.9 Å². The fraction of sp³-hybridized carbons (Fsp3) is 0.125. The van der Waals surface area contributed by atoms with Crippen molar-refractivity contribution in [1.82, 2.24) is 15.0 Å². The normalized spacial score (nSPS) is 11.4. The number of carboxylic acid groups (broad SMARTS) is 1. The lowest BCUT2D eigenvalue weighted by Crippen LogP contribution is -2.35. The Labute approximate surface area is 293 Å². The minimum Gasteiger partial charge on any atom is -0.480 e. The van der Waals surface area contributed by atoms with Gasteiger partial charge in [-0.05, 0) is 78.6 Å². The maximum atomic E-state index is 13.9. The Kier molecular flexibility index (Phi) is 11.4. The molecule has 1 heterocycles. The van der Waals surface area contributed by atoms with Crippen LogP contribution in [0.2, 0.25) is 0 Å². The number of rotatable bonds is 13. The van der Waals surface area contributed by atoms with Crippen LogP contribution in [0, 0.1) is 11.6 Å². The molecule has 0 aliphatic heterocycles. The highest BCUT2D eigenvalue weighted by molar-refractivity contribution is 5.97. The van der Waals surface area contributed by atoms with E-state index in [0.29, 0.717) is 34.6 Å². The summed E-state index contributed by atoms with van der Waals surface area (Å²) in [5, 5.41) is 16.2. The van der Waals surface area contributed by atoms with Gasteiger partial charge < -0.3 is 19.8 Å². The highest BCUT2D eigenvalue weighted by Gasteiger charge is 2.20. The van der Waals surface area contributed by atoms with Crippen molar-refractivity contribution in [1.29, 1.82) is 0 Å². The summed E-state index contributed by atoms with van der Waals surface area (Å²) < 4.78 is 32.6. The van der Waals surface area contributed by atoms with E-state index in [1.807, 2.05) is 56.3 Å². The van der Waals surface area contributed by atoms with E-state index in [4.69, 9.17) is 4.52 Å². The summed E-state index contributed by atoms with van der Waals surface area (Å²) in [6.45, 7) is 7.58. The fourth-order valence-electron chi connectivity index (χ4n) is 4.97. The number of allylic oxidation sites excluding steroid dienone is 5. The number of nitrogens with zero attached hydrogens (tertiary/aromatic N) is 3. The van der Waals surface area contributed by atoms with E-state index in [9.17, 15) is 28.3 Å². The van der Waals surface area contributed by atoms with E-state index in [0.717, 1.165) is 28.3 Å². The quantitative estimate of drug-likeness (QED) is 0.120. The van der Waals surface area contributed by atoms with Crippen molar-refractivity contribution < 1.29 is 32.8 Å². The summed E-state index contributed by atoms with van der Waals surface area (Å²) in [5.41, 5.74) is 5.63. The minimum absolute atomic E-state index is 0.00571. The average Bonchev–Trinajstić information content (AvgIpc) is 3.62. The molecule has 2 N–H and O–H groups in total. The van der Waals surface area contributed by atoms with Crippen molar-refractivity contribution >= 4 is 29.0 Å². The number of hydrogen-bond donors (Lipinski definition) is 2. The third-order valence-corrected chi connectivity index (χ3v) is 7.91. The molecule has 51 heavy (non-hydrogen) atoms. The molecule has 0 spiro atoms. The number of benzene rings is 4. The molecular weight excluding hydrogens is 654 g/mol. The largest absolute Gasteiger partial charge is 0.480 e. The van der Waals surface area contributed by atoms with Crippen LogP contribution in [0.3, 0.4) is 0 Å². The summed E-state index contributed by atoms with van der Waals surface area (Å²) in [4.78, 5) is 43.1. The van der Waals surface area contributed by atoms with E-state index in [1.54, 1.807) is 24.3 Å². The molecule has 2 amide bonds. The van der Waals surface area contributed by atoms with Gasteiger partial charge in [0.2, 0.25) is 11.7 Å². The van der Waals surface area contributed by atoms with Crippen molar-refractivity contribution in [3.8, 4) is 22.8 Å². The third-order valence-electron chi connectivity index (χ3n) is 7.91. The van der Waals surface area contributed by atoms with Gasteiger partial charge in [-0.1, -0.05) is 78.0 Å². The number of carbonyl (C=O) groups is 3. The Morgan fingerprint density at radius 2 is 1.57 bits per heavy atom. The van der Waals surface area contributed by atoms with Crippen LogP contribution in [0.15, 0.2) is 126 Å². The highest BCUT2D eigenvalue weighted by Crippen LogP contribution is 2.25. The molecular formula is C40H34F2N4O5. The van der Waals surface area contributed by atoms with E-state index in [2.05, 4.69) is 22.0 Å². The molecule has 4 aromatic carbocycles. The number of anilines is 1. The molecule has 0 atom stereocenters. The van der Waals surface area contributed by atoms with Gasteiger partial charge >= 0.3 is 5.97 Å². The minimum atomic E-state index is -1.19. The number of nitrogens with one attached hydrogen (secondary N) is 1. The summed E-state index contributed by atoms with van der Waals surface area (Å²) in [7, 11) is 0. The third kappa shape index (κ3) is 9.57. The molecule has 258 valence electrons. The van der Waals surface area contributed by atoms with E-state index in [1.165, 1.54) is 35.2 Å².